The number of rotatable bonds is 3. The minimum atomic E-state index is -2.19. The molecule has 6 nitrogen and oxygen atoms in total. The molecule has 2 aliphatic rings. The van der Waals surface area contributed by atoms with Gasteiger partial charge in [0.1, 0.15) is 5.30 Å². The number of hydrogen-bond acceptors (Lipinski definition) is 4. The predicted octanol–water partition coefficient (Wildman–Crippen LogP) is -2.33. The van der Waals surface area contributed by atoms with Crippen molar-refractivity contribution >= 4 is 43.5 Å². The molecule has 3 rings (SSSR count). The molecule has 1 aromatic carbocycles. The van der Waals surface area contributed by atoms with Gasteiger partial charge in [-0.2, -0.15) is 16.8 Å². The maximum atomic E-state index is 11.1. The summed E-state index contributed by atoms with van der Waals surface area (Å²) in [5.41, 5.74) is 0. The second kappa shape index (κ2) is 13.0. The van der Waals surface area contributed by atoms with E-state index in [0.717, 1.165) is 10.6 Å². The number of benzene rings is 1. The third kappa shape index (κ3) is 6.81. The van der Waals surface area contributed by atoms with Crippen molar-refractivity contribution in [1.29, 1.82) is 0 Å². The van der Waals surface area contributed by atoms with Gasteiger partial charge in [-0.1, -0.05) is 18.2 Å². The molecule has 0 bridgehead atoms. The largest absolute Gasteiger partial charge is 1.00 e. The molecule has 2 aliphatic carbocycles. The second-order valence-electron chi connectivity index (χ2n) is 5.54. The monoisotopic (exact) mass is 466 g/mol. The van der Waals surface area contributed by atoms with Crippen molar-refractivity contribution in [2.24, 2.45) is 0 Å². The normalized spacial score (nSPS) is 14.9. The Bertz CT molecular complexity index is 1010. The van der Waals surface area contributed by atoms with E-state index in [-0.39, 0.29) is 62.3 Å². The average molecular weight is 467 g/mol. The molecule has 0 amide bonds. The zero-order valence-electron chi connectivity index (χ0n) is 15.2. The second-order valence-corrected chi connectivity index (χ2v) is 10.0. The van der Waals surface area contributed by atoms with Crippen LogP contribution in [0.25, 0.3) is 0 Å². The molecule has 0 aliphatic heterocycles. The molecule has 10 heteroatoms. The predicted molar refractivity (Wildman–Crippen MR) is 113 cm³/mol. The van der Waals surface area contributed by atoms with Gasteiger partial charge in [0, 0.05) is 12.8 Å². The average Bonchev–Trinajstić information content (AvgIpc) is 2.64. The van der Waals surface area contributed by atoms with Gasteiger partial charge in [0.2, 0.25) is 20.6 Å². The Labute approximate surface area is 210 Å². The number of hydrogen-bond donors (Lipinski definition) is 0. The molecule has 0 saturated heterocycles. The van der Waals surface area contributed by atoms with Crippen molar-refractivity contribution in [2.75, 3.05) is 0 Å². The Kier molecular flexibility index (Phi) is 12.8. The number of allylic oxidation sites excluding steroid dienone is 8. The summed E-state index contributed by atoms with van der Waals surface area (Å²) in [6, 6.07) is 10.0. The van der Waals surface area contributed by atoms with Crippen LogP contribution in [-0.2, 0) is 20.6 Å². The molecule has 0 radical (unpaired) electrons. The standard InChI is InChI=1S/C18H15O4PS2.K.2H2O/c19-24(20)17-10-6-15(7-11-17)23(14-4-2-1-3-5-14)16-8-12-18(13-9-16)25(21)22;;;/h1-10,12H,11,13H2;;2*1H2/q;+1;;/p+1. The molecule has 0 fully saturated rings. The molecule has 4 N–H and O–H groups in total. The minimum Gasteiger partial charge on any atom is -0.412 e. The smallest absolute Gasteiger partial charge is 0.412 e. The van der Waals surface area contributed by atoms with Gasteiger partial charge in [-0.25, -0.2) is 0 Å². The van der Waals surface area contributed by atoms with Gasteiger partial charge in [0.05, 0.1) is 28.3 Å². The molecule has 28 heavy (non-hydrogen) atoms. The van der Waals surface area contributed by atoms with Gasteiger partial charge in [0.25, 0.3) is 0 Å². The summed E-state index contributed by atoms with van der Waals surface area (Å²) in [5, 5.41) is 3.39. The fraction of sp³-hybridized carbons (Fsp3) is 0.111. The first-order valence-electron chi connectivity index (χ1n) is 7.66. The zero-order valence-corrected chi connectivity index (χ0v) is 21.0. The van der Waals surface area contributed by atoms with E-state index in [1.54, 1.807) is 12.2 Å². The van der Waals surface area contributed by atoms with Crippen molar-refractivity contribution in [3.63, 3.8) is 0 Å². The Morgan fingerprint density at radius 3 is 1.43 bits per heavy atom. The van der Waals surface area contributed by atoms with Gasteiger partial charge in [0.15, 0.2) is 0 Å². The van der Waals surface area contributed by atoms with Gasteiger partial charge >= 0.3 is 51.4 Å². The Morgan fingerprint density at radius 1 is 0.679 bits per heavy atom. The van der Waals surface area contributed by atoms with Crippen LogP contribution in [0.3, 0.4) is 0 Å². The van der Waals surface area contributed by atoms with Crippen LogP contribution in [0.2, 0.25) is 0 Å². The maximum Gasteiger partial charge on any atom is 1.00 e. The fourth-order valence-corrected chi connectivity index (χ4v) is 6.22. The van der Waals surface area contributed by atoms with E-state index in [1.807, 2.05) is 42.5 Å². The Hall–Kier alpha value is -0.454. The molecule has 0 saturated carbocycles. The Morgan fingerprint density at radius 2 is 1.11 bits per heavy atom. The van der Waals surface area contributed by atoms with E-state index in [2.05, 4.69) is 12.1 Å². The van der Waals surface area contributed by atoms with Gasteiger partial charge in [-0.3, -0.25) is 0 Å². The molecule has 0 spiro atoms. The first-order valence-corrected chi connectivity index (χ1v) is 11.3. The van der Waals surface area contributed by atoms with Crippen molar-refractivity contribution in [2.45, 2.75) is 12.8 Å². The first-order chi connectivity index (χ1) is 12.1. The van der Waals surface area contributed by atoms with Crippen LogP contribution in [0.15, 0.2) is 77.4 Å². The molecule has 144 valence electrons. The van der Waals surface area contributed by atoms with Crippen molar-refractivity contribution in [3.05, 3.63) is 77.4 Å². The summed E-state index contributed by atoms with van der Waals surface area (Å²) >= 11 is 0. The van der Waals surface area contributed by atoms with Crippen LogP contribution >= 0.6 is 7.92 Å². The van der Waals surface area contributed by atoms with Gasteiger partial charge in [-0.15, -0.1) is 0 Å². The Balaban J connectivity index is 0.00000243. The van der Waals surface area contributed by atoms with E-state index >= 15 is 0 Å². The molecular formula is C18H20KO6PS2+2. The van der Waals surface area contributed by atoms with Crippen LogP contribution in [0.1, 0.15) is 12.8 Å². The van der Waals surface area contributed by atoms with E-state index in [1.165, 1.54) is 5.30 Å². The van der Waals surface area contributed by atoms with Crippen molar-refractivity contribution in [3.8, 4) is 0 Å². The summed E-state index contributed by atoms with van der Waals surface area (Å²) in [5.74, 6) is 0. The minimum absolute atomic E-state index is 0. The van der Waals surface area contributed by atoms with Gasteiger partial charge < -0.3 is 11.0 Å². The molecule has 0 atom stereocenters. The summed E-state index contributed by atoms with van der Waals surface area (Å²) < 4.78 is 44.4. The van der Waals surface area contributed by atoms with Crippen molar-refractivity contribution < 1.29 is 79.2 Å². The summed E-state index contributed by atoms with van der Waals surface area (Å²) in [6.07, 6.45) is 11.8. The fourth-order valence-electron chi connectivity index (χ4n) is 2.78. The van der Waals surface area contributed by atoms with E-state index in [0.29, 0.717) is 22.6 Å². The van der Waals surface area contributed by atoms with Crippen LogP contribution in [0.4, 0.5) is 0 Å². The molecular weight excluding hydrogens is 446 g/mol. The SMILES string of the molecule is O.O.O=S(=O)=C1C=CC([PH+](C2=CCC(=S(=O)=O)C=C2)c2ccccc2)=CC1.[K+]. The van der Waals surface area contributed by atoms with E-state index < -0.39 is 28.5 Å². The first kappa shape index (κ1) is 27.5. The third-order valence-electron chi connectivity index (χ3n) is 4.01. The van der Waals surface area contributed by atoms with Crippen molar-refractivity contribution in [1.82, 2.24) is 0 Å². The van der Waals surface area contributed by atoms with Gasteiger partial charge in [-0.05, 0) is 48.6 Å². The summed E-state index contributed by atoms with van der Waals surface area (Å²) in [4.78, 5) is 0.757. The van der Waals surface area contributed by atoms with Crippen LogP contribution in [0.5, 0.6) is 0 Å². The molecule has 0 unspecified atom stereocenters. The molecule has 0 aromatic heterocycles. The quantitative estimate of drug-likeness (QED) is 0.281. The zero-order chi connectivity index (χ0) is 17.8. The van der Waals surface area contributed by atoms with Crippen LogP contribution < -0.4 is 56.7 Å². The van der Waals surface area contributed by atoms with E-state index in [4.69, 9.17) is 0 Å². The topological polar surface area (TPSA) is 131 Å². The van der Waals surface area contributed by atoms with Crippen LogP contribution in [-0.4, -0.2) is 37.5 Å². The maximum absolute atomic E-state index is 11.1. The van der Waals surface area contributed by atoms with Crippen LogP contribution in [0, 0.1) is 0 Å². The molecule has 0 heterocycles. The third-order valence-corrected chi connectivity index (χ3v) is 8.28. The van der Waals surface area contributed by atoms with E-state index in [9.17, 15) is 16.8 Å². The summed E-state index contributed by atoms with van der Waals surface area (Å²) in [6.45, 7) is 0. The summed E-state index contributed by atoms with van der Waals surface area (Å²) in [7, 11) is -5.69. The molecule has 1 aromatic rings.